The third-order valence-electron chi connectivity index (χ3n) is 5.68. The molecule has 0 amide bonds. The first-order valence-electron chi connectivity index (χ1n) is 6.89. The van der Waals surface area contributed by atoms with Crippen molar-refractivity contribution >= 4 is 11.9 Å². The Hall–Kier alpha value is -1.62. The maximum absolute atomic E-state index is 12.2. The normalized spacial score (nSPS) is 48.3. The number of hydrogen-bond donors (Lipinski definition) is 1. The highest BCUT2D eigenvalue weighted by atomic mass is 16.6. The number of rotatable bonds is 1. The number of carbonyl (C=O) groups excluding carboxylic acids is 1. The van der Waals surface area contributed by atoms with Crippen molar-refractivity contribution in [2.75, 3.05) is 13.2 Å². The first kappa shape index (κ1) is 12.1. The summed E-state index contributed by atoms with van der Waals surface area (Å²) in [5.74, 6) is -1.33. The van der Waals surface area contributed by atoms with Crippen LogP contribution in [0.15, 0.2) is 23.3 Å². The lowest BCUT2D eigenvalue weighted by atomic mass is 9.61. The van der Waals surface area contributed by atoms with Crippen molar-refractivity contribution in [3.8, 4) is 0 Å². The lowest BCUT2D eigenvalue weighted by Gasteiger charge is -2.43. The number of carboxylic acids is 1. The minimum Gasteiger partial charge on any atom is -0.478 e. The predicted octanol–water partition coefficient (Wildman–Crippen LogP) is 1.15. The van der Waals surface area contributed by atoms with Gasteiger partial charge < -0.3 is 14.6 Å². The molecule has 106 valence electrons. The quantitative estimate of drug-likeness (QED) is 0.442. The Morgan fingerprint density at radius 2 is 2.20 bits per heavy atom. The molecule has 20 heavy (non-hydrogen) atoms. The molecule has 5 nitrogen and oxygen atoms in total. The van der Waals surface area contributed by atoms with Gasteiger partial charge in [-0.2, -0.15) is 0 Å². The highest BCUT2D eigenvalue weighted by Gasteiger charge is 2.78. The van der Waals surface area contributed by atoms with E-state index in [1.807, 2.05) is 13.0 Å². The fourth-order valence-electron chi connectivity index (χ4n) is 4.49. The van der Waals surface area contributed by atoms with Gasteiger partial charge in [-0.1, -0.05) is 24.6 Å². The van der Waals surface area contributed by atoms with E-state index in [1.54, 1.807) is 0 Å². The molecule has 1 N–H and O–H groups in total. The van der Waals surface area contributed by atoms with Crippen molar-refractivity contribution in [1.29, 1.82) is 0 Å². The Morgan fingerprint density at radius 3 is 2.80 bits per heavy atom. The fraction of sp³-hybridized carbons (Fsp3) is 0.600. The van der Waals surface area contributed by atoms with Crippen molar-refractivity contribution in [2.24, 2.45) is 23.2 Å². The van der Waals surface area contributed by atoms with Crippen LogP contribution < -0.4 is 0 Å². The summed E-state index contributed by atoms with van der Waals surface area (Å²) >= 11 is 0. The first-order chi connectivity index (χ1) is 9.44. The van der Waals surface area contributed by atoms with E-state index < -0.39 is 17.0 Å². The Morgan fingerprint density at radius 1 is 1.50 bits per heavy atom. The summed E-state index contributed by atoms with van der Waals surface area (Å²) < 4.78 is 10.8. The molecule has 0 unspecified atom stereocenters. The molecule has 0 bridgehead atoms. The monoisotopic (exact) mass is 276 g/mol. The van der Waals surface area contributed by atoms with Crippen LogP contribution in [0.3, 0.4) is 0 Å². The van der Waals surface area contributed by atoms with E-state index in [-0.39, 0.29) is 30.3 Å². The number of esters is 1. The Bertz CT molecular complexity index is 597. The van der Waals surface area contributed by atoms with Gasteiger partial charge in [-0.3, -0.25) is 0 Å². The number of carboxylic acid groups (broad SMARTS) is 1. The van der Waals surface area contributed by atoms with Crippen LogP contribution in [0.2, 0.25) is 0 Å². The zero-order valence-electron chi connectivity index (χ0n) is 11.4. The van der Waals surface area contributed by atoms with Crippen molar-refractivity contribution in [2.45, 2.75) is 19.4 Å². The van der Waals surface area contributed by atoms with Gasteiger partial charge in [0.1, 0.15) is 0 Å². The molecule has 4 aliphatic rings. The van der Waals surface area contributed by atoms with Crippen molar-refractivity contribution in [3.63, 3.8) is 0 Å². The van der Waals surface area contributed by atoms with Crippen molar-refractivity contribution in [1.82, 2.24) is 0 Å². The third kappa shape index (κ3) is 1.06. The van der Waals surface area contributed by atoms with Crippen LogP contribution in [-0.2, 0) is 19.1 Å². The lowest BCUT2D eigenvalue weighted by molar-refractivity contribution is -0.170. The van der Waals surface area contributed by atoms with Crippen LogP contribution in [-0.4, -0.2) is 35.9 Å². The third-order valence-corrected chi connectivity index (χ3v) is 5.68. The summed E-state index contributed by atoms with van der Waals surface area (Å²) in [7, 11) is 0. The number of aliphatic carboxylic acids is 1. The van der Waals surface area contributed by atoms with Crippen LogP contribution in [0.5, 0.6) is 0 Å². The average Bonchev–Trinajstić information content (AvgIpc) is 3.07. The summed E-state index contributed by atoms with van der Waals surface area (Å²) in [5, 5.41) is 9.44. The second-order valence-corrected chi connectivity index (χ2v) is 6.33. The van der Waals surface area contributed by atoms with Gasteiger partial charge in [0.05, 0.1) is 13.2 Å². The molecule has 4 rings (SSSR count). The minimum absolute atomic E-state index is 0.00829. The molecule has 2 aliphatic carbocycles. The van der Waals surface area contributed by atoms with E-state index in [9.17, 15) is 14.7 Å². The zero-order valence-corrected chi connectivity index (χ0v) is 11.4. The van der Waals surface area contributed by atoms with Gasteiger partial charge >= 0.3 is 11.9 Å². The maximum atomic E-state index is 12.2. The summed E-state index contributed by atoms with van der Waals surface area (Å²) in [5.41, 5.74) is 0.0538. The molecular formula is C15H16O5. The number of hydrogen-bond acceptors (Lipinski definition) is 4. The molecule has 2 saturated heterocycles. The summed E-state index contributed by atoms with van der Waals surface area (Å²) in [6, 6.07) is 0. The van der Waals surface area contributed by atoms with Gasteiger partial charge in [0.15, 0.2) is 5.60 Å². The molecule has 2 heterocycles. The van der Waals surface area contributed by atoms with Gasteiger partial charge in [0, 0.05) is 16.9 Å². The highest BCUT2D eigenvalue weighted by Crippen LogP contribution is 2.68. The van der Waals surface area contributed by atoms with E-state index in [0.29, 0.717) is 12.2 Å². The Kier molecular flexibility index (Phi) is 2.03. The molecule has 0 aromatic rings. The molecule has 5 heteroatoms. The number of allylic oxidation sites excluding steroid dienone is 2. The second-order valence-electron chi connectivity index (χ2n) is 6.33. The summed E-state index contributed by atoms with van der Waals surface area (Å²) in [6.45, 7) is 4.59. The molecule has 2 aliphatic heterocycles. The van der Waals surface area contributed by atoms with E-state index in [4.69, 9.17) is 9.47 Å². The fourth-order valence-corrected chi connectivity index (χ4v) is 4.49. The standard InChI is InChI=1S/C15H16O5/c1-7-4-14-10(8(7)2)3-9(12(16)17)11(14)5-19-13(18)15(14)6-20-15/h3-4,8,10-11H,5-6H2,1-2H3,(H,16,17)/t8-,10-,11-,14-,15+/m0/s1. The van der Waals surface area contributed by atoms with E-state index in [2.05, 4.69) is 13.0 Å². The Labute approximate surface area is 116 Å². The topological polar surface area (TPSA) is 76.1 Å². The van der Waals surface area contributed by atoms with Gasteiger partial charge in [-0.25, -0.2) is 9.59 Å². The van der Waals surface area contributed by atoms with Gasteiger partial charge in [0.2, 0.25) is 0 Å². The van der Waals surface area contributed by atoms with Crippen molar-refractivity contribution in [3.05, 3.63) is 23.3 Å². The SMILES string of the molecule is CC1=C[C@]23[C@@H](COC(=O)[C@]24CO4)C(C(=O)O)=C[C@H]3[C@H]1C. The minimum atomic E-state index is -0.958. The van der Waals surface area contributed by atoms with E-state index >= 15 is 0 Å². The summed E-state index contributed by atoms with van der Waals surface area (Å²) in [4.78, 5) is 23.7. The smallest absolute Gasteiger partial charge is 0.341 e. The van der Waals surface area contributed by atoms with Crippen LogP contribution >= 0.6 is 0 Å². The number of carbonyl (C=O) groups is 2. The van der Waals surface area contributed by atoms with Crippen LogP contribution in [0.25, 0.3) is 0 Å². The Balaban J connectivity index is 1.92. The molecule has 2 spiro atoms. The van der Waals surface area contributed by atoms with Gasteiger partial charge in [0.25, 0.3) is 0 Å². The zero-order chi connectivity index (χ0) is 14.3. The summed E-state index contributed by atoms with van der Waals surface area (Å²) in [6.07, 6.45) is 3.92. The number of cyclic esters (lactones) is 1. The van der Waals surface area contributed by atoms with Crippen LogP contribution in [0.4, 0.5) is 0 Å². The number of ether oxygens (including phenoxy) is 2. The lowest BCUT2D eigenvalue weighted by Crippen LogP contribution is -2.56. The molecule has 2 fully saturated rings. The molecule has 0 saturated carbocycles. The predicted molar refractivity (Wildman–Crippen MR) is 67.7 cm³/mol. The van der Waals surface area contributed by atoms with Crippen LogP contribution in [0, 0.1) is 23.2 Å². The maximum Gasteiger partial charge on any atom is 0.341 e. The molecule has 0 aromatic heterocycles. The largest absolute Gasteiger partial charge is 0.478 e. The molecule has 0 radical (unpaired) electrons. The van der Waals surface area contributed by atoms with Gasteiger partial charge in [-0.15, -0.1) is 0 Å². The van der Waals surface area contributed by atoms with E-state index in [0.717, 1.165) is 0 Å². The molecule has 0 aromatic carbocycles. The first-order valence-corrected chi connectivity index (χ1v) is 6.89. The number of epoxide rings is 1. The van der Waals surface area contributed by atoms with E-state index in [1.165, 1.54) is 5.57 Å². The van der Waals surface area contributed by atoms with Crippen molar-refractivity contribution < 1.29 is 24.2 Å². The molecule has 5 atom stereocenters. The second kappa shape index (κ2) is 3.34. The van der Waals surface area contributed by atoms with Gasteiger partial charge in [-0.05, 0) is 18.8 Å². The average molecular weight is 276 g/mol. The highest BCUT2D eigenvalue weighted by molar-refractivity contribution is 5.92. The molecular weight excluding hydrogens is 260 g/mol. The van der Waals surface area contributed by atoms with Crippen LogP contribution in [0.1, 0.15) is 13.8 Å².